The Hall–Kier alpha value is -2.03. The van der Waals surface area contributed by atoms with Crippen LogP contribution in [0.3, 0.4) is 0 Å². The maximum Gasteiger partial charge on any atom is 0.306 e. The molecule has 10 heteroatoms. The minimum absolute atomic E-state index is 0.0277. The van der Waals surface area contributed by atoms with Crippen molar-refractivity contribution >= 4 is 19.8 Å². The lowest BCUT2D eigenvalue weighted by molar-refractivity contribution is -0.870. The molecule has 434 valence electrons. The van der Waals surface area contributed by atoms with E-state index in [1.54, 1.807) is 0 Å². The van der Waals surface area contributed by atoms with E-state index in [9.17, 15) is 19.0 Å². The molecule has 74 heavy (non-hydrogen) atoms. The zero-order chi connectivity index (χ0) is 54.2. The van der Waals surface area contributed by atoms with Gasteiger partial charge in [0.15, 0.2) is 6.10 Å². The largest absolute Gasteiger partial charge is 0.756 e. The maximum atomic E-state index is 12.8. The summed E-state index contributed by atoms with van der Waals surface area (Å²) in [6.45, 7) is 4.16. The monoisotopic (exact) mass is 1060 g/mol. The van der Waals surface area contributed by atoms with Gasteiger partial charge in [-0.1, -0.05) is 281 Å². The number of esters is 2. The Labute approximate surface area is 458 Å². The molecule has 9 nitrogen and oxygen atoms in total. The molecule has 0 rings (SSSR count). The Morgan fingerprint density at radius 1 is 0.432 bits per heavy atom. The van der Waals surface area contributed by atoms with Crippen molar-refractivity contribution in [2.24, 2.45) is 0 Å². The summed E-state index contributed by atoms with van der Waals surface area (Å²) in [4.78, 5) is 37.8. The fourth-order valence-corrected chi connectivity index (χ4v) is 9.79. The average molecular weight is 1060 g/mol. The van der Waals surface area contributed by atoms with Gasteiger partial charge in [-0.05, 0) is 51.4 Å². The minimum atomic E-state index is -4.63. The summed E-state index contributed by atoms with van der Waals surface area (Å²) >= 11 is 0. The number of phosphoric acid groups is 1. The molecule has 0 aromatic heterocycles. The number of carbonyl (C=O) groups is 2. The first kappa shape index (κ1) is 72.0. The van der Waals surface area contributed by atoms with E-state index >= 15 is 0 Å². The van der Waals surface area contributed by atoms with Crippen LogP contribution in [0.25, 0.3) is 0 Å². The molecule has 0 aliphatic heterocycles. The molecule has 2 atom stereocenters. The Morgan fingerprint density at radius 3 is 1.15 bits per heavy atom. The minimum Gasteiger partial charge on any atom is -0.756 e. The summed E-state index contributed by atoms with van der Waals surface area (Å²) in [5.74, 6) is -0.817. The van der Waals surface area contributed by atoms with Crippen LogP contribution in [0.15, 0.2) is 48.6 Å². The summed E-state index contributed by atoms with van der Waals surface area (Å²) < 4.78 is 34.1. The van der Waals surface area contributed by atoms with Gasteiger partial charge in [-0.25, -0.2) is 0 Å². The summed E-state index contributed by atoms with van der Waals surface area (Å²) in [6.07, 6.45) is 70.5. The van der Waals surface area contributed by atoms with E-state index in [0.29, 0.717) is 17.4 Å². The fourth-order valence-electron chi connectivity index (χ4n) is 9.06. The number of phosphoric ester groups is 1. The molecular formula is C64H120NO8P. The van der Waals surface area contributed by atoms with Gasteiger partial charge in [0, 0.05) is 12.8 Å². The molecule has 0 saturated heterocycles. The summed E-state index contributed by atoms with van der Waals surface area (Å²) in [7, 11) is 1.18. The third kappa shape index (κ3) is 59.2. The van der Waals surface area contributed by atoms with Crippen LogP contribution in [0, 0.1) is 0 Å². The van der Waals surface area contributed by atoms with Crippen LogP contribution in [0.1, 0.15) is 296 Å². The summed E-state index contributed by atoms with van der Waals surface area (Å²) in [5.41, 5.74) is 0. The summed E-state index contributed by atoms with van der Waals surface area (Å²) in [6, 6.07) is 0. The second-order valence-corrected chi connectivity index (χ2v) is 23.8. The smallest absolute Gasteiger partial charge is 0.306 e. The van der Waals surface area contributed by atoms with Crippen molar-refractivity contribution in [3.8, 4) is 0 Å². The number of rotatable bonds is 58. The zero-order valence-electron chi connectivity index (χ0n) is 49.3. The molecule has 0 N–H and O–H groups in total. The predicted octanol–water partition coefficient (Wildman–Crippen LogP) is 19.1. The number of quaternary nitrogens is 1. The number of allylic oxidation sites excluding steroid dienone is 8. The van der Waals surface area contributed by atoms with Crippen molar-refractivity contribution in [3.05, 3.63) is 48.6 Å². The highest BCUT2D eigenvalue weighted by molar-refractivity contribution is 7.45. The van der Waals surface area contributed by atoms with Crippen LogP contribution in [0.4, 0.5) is 0 Å². The normalized spacial score (nSPS) is 13.5. The Morgan fingerprint density at radius 2 is 0.770 bits per heavy atom. The molecule has 2 unspecified atom stereocenters. The third-order valence-electron chi connectivity index (χ3n) is 13.9. The Balaban J connectivity index is 3.90. The molecule has 0 radical (unpaired) electrons. The molecule has 0 fully saturated rings. The predicted molar refractivity (Wildman–Crippen MR) is 314 cm³/mol. The average Bonchev–Trinajstić information content (AvgIpc) is 3.36. The van der Waals surface area contributed by atoms with Crippen LogP contribution in [-0.4, -0.2) is 70.0 Å². The van der Waals surface area contributed by atoms with Crippen molar-refractivity contribution in [1.29, 1.82) is 0 Å². The lowest BCUT2D eigenvalue weighted by atomic mass is 10.0. The van der Waals surface area contributed by atoms with E-state index in [1.165, 1.54) is 205 Å². The van der Waals surface area contributed by atoms with Crippen molar-refractivity contribution in [1.82, 2.24) is 0 Å². The van der Waals surface area contributed by atoms with Crippen LogP contribution in [0.2, 0.25) is 0 Å². The molecule has 0 saturated carbocycles. The number of carbonyl (C=O) groups excluding carboxylic acids is 2. The third-order valence-corrected chi connectivity index (χ3v) is 14.8. The van der Waals surface area contributed by atoms with E-state index in [4.69, 9.17) is 18.5 Å². The van der Waals surface area contributed by atoms with E-state index < -0.39 is 26.5 Å². The van der Waals surface area contributed by atoms with Gasteiger partial charge in [0.1, 0.15) is 19.8 Å². The lowest BCUT2D eigenvalue weighted by Crippen LogP contribution is -2.37. The van der Waals surface area contributed by atoms with E-state index in [0.717, 1.165) is 57.8 Å². The molecular weight excluding hydrogens is 942 g/mol. The number of hydrogen-bond acceptors (Lipinski definition) is 8. The molecule has 0 spiro atoms. The van der Waals surface area contributed by atoms with Crippen molar-refractivity contribution < 1.29 is 42.1 Å². The van der Waals surface area contributed by atoms with Gasteiger partial charge < -0.3 is 27.9 Å². The molecule has 0 aliphatic rings. The first-order chi connectivity index (χ1) is 36.0. The SMILES string of the molecule is CC/C=C\C/C=C\C/C=C\C/C=C\CCCCCCCCCCCCCCCCCCCCCCCCCCC(=O)OC(COC(=O)CCCCCCCCCCCCCCC)COP(=O)([O-])OCC[N+](C)(C)C. The van der Waals surface area contributed by atoms with Gasteiger partial charge in [-0.15, -0.1) is 0 Å². The Kier molecular flexibility index (Phi) is 54.2. The highest BCUT2D eigenvalue weighted by atomic mass is 31.2. The highest BCUT2D eigenvalue weighted by Gasteiger charge is 2.22. The van der Waals surface area contributed by atoms with Gasteiger partial charge >= 0.3 is 11.9 Å². The molecule has 0 amide bonds. The van der Waals surface area contributed by atoms with Crippen molar-refractivity contribution in [2.75, 3.05) is 47.5 Å². The lowest BCUT2D eigenvalue weighted by Gasteiger charge is -2.28. The standard InChI is InChI=1S/C64H120NO8P/c1-6-8-10-12-14-16-18-20-21-22-23-24-25-26-27-28-29-30-31-32-33-34-35-36-37-38-39-40-41-42-43-45-47-49-51-53-55-57-64(67)73-62(61-72-74(68,69)71-59-58-65(3,4)5)60-70-63(66)56-54-52-50-48-46-44-19-17-15-13-11-9-7-2/h8,10,14,16,20-21,23-24,62H,6-7,9,11-13,15,17-19,22,25-61H2,1-5H3/b10-8-,16-14-,21-20-,24-23-. The molecule has 0 bridgehead atoms. The topological polar surface area (TPSA) is 111 Å². The molecule has 0 heterocycles. The number of likely N-dealkylation sites (N-methyl/N-ethyl adjacent to an activating group) is 1. The van der Waals surface area contributed by atoms with Crippen LogP contribution >= 0.6 is 7.82 Å². The first-order valence-corrected chi connectivity index (χ1v) is 32.8. The van der Waals surface area contributed by atoms with E-state index in [1.807, 2.05) is 21.1 Å². The summed E-state index contributed by atoms with van der Waals surface area (Å²) in [5, 5.41) is 0. The van der Waals surface area contributed by atoms with Crippen LogP contribution in [-0.2, 0) is 32.7 Å². The quantitative estimate of drug-likeness (QED) is 0.0195. The van der Waals surface area contributed by atoms with E-state index in [-0.39, 0.29) is 32.0 Å². The van der Waals surface area contributed by atoms with Gasteiger partial charge in [0.05, 0.1) is 27.7 Å². The van der Waals surface area contributed by atoms with Crippen LogP contribution in [0.5, 0.6) is 0 Å². The van der Waals surface area contributed by atoms with E-state index in [2.05, 4.69) is 62.5 Å². The van der Waals surface area contributed by atoms with Gasteiger partial charge in [0.25, 0.3) is 7.82 Å². The zero-order valence-corrected chi connectivity index (χ0v) is 50.2. The molecule has 0 aliphatic carbocycles. The second kappa shape index (κ2) is 55.7. The van der Waals surface area contributed by atoms with Gasteiger partial charge in [-0.3, -0.25) is 14.2 Å². The number of unbranched alkanes of at least 4 members (excludes halogenated alkanes) is 36. The number of ether oxygens (including phenoxy) is 2. The number of nitrogens with zero attached hydrogens (tertiary/aromatic N) is 1. The highest BCUT2D eigenvalue weighted by Crippen LogP contribution is 2.38. The van der Waals surface area contributed by atoms with Crippen LogP contribution < -0.4 is 4.89 Å². The van der Waals surface area contributed by atoms with Gasteiger partial charge in [0.2, 0.25) is 0 Å². The molecule has 0 aromatic carbocycles. The maximum absolute atomic E-state index is 12.8. The van der Waals surface area contributed by atoms with Crippen molar-refractivity contribution in [3.63, 3.8) is 0 Å². The Bertz CT molecular complexity index is 1390. The van der Waals surface area contributed by atoms with Gasteiger partial charge in [-0.2, -0.15) is 0 Å². The fraction of sp³-hybridized carbons (Fsp3) is 0.844. The first-order valence-electron chi connectivity index (χ1n) is 31.3. The molecule has 0 aromatic rings. The second-order valence-electron chi connectivity index (χ2n) is 22.4. The van der Waals surface area contributed by atoms with Crippen molar-refractivity contribution in [2.45, 2.75) is 302 Å². The number of hydrogen-bond donors (Lipinski definition) is 0.